The maximum Gasteiger partial charge on any atom is 0.305 e. The molecular weight excluding hydrogens is 248 g/mol. The highest BCUT2D eigenvalue weighted by Gasteiger charge is 2.10. The van der Waals surface area contributed by atoms with Gasteiger partial charge < -0.3 is 9.64 Å². The van der Waals surface area contributed by atoms with Gasteiger partial charge in [0, 0.05) is 25.4 Å². The SMILES string of the molecule is CCC(C)CN(C)c1nc(CCC(=O)OC)cs1. The minimum absolute atomic E-state index is 0.183. The molecular formula is C13H22N2O2S. The maximum absolute atomic E-state index is 11.1. The van der Waals surface area contributed by atoms with E-state index < -0.39 is 0 Å². The number of carbonyl (C=O) groups excluding carboxylic acids is 1. The summed E-state index contributed by atoms with van der Waals surface area (Å²) < 4.78 is 4.62. The van der Waals surface area contributed by atoms with Gasteiger partial charge >= 0.3 is 5.97 Å². The van der Waals surface area contributed by atoms with Crippen LogP contribution in [0.15, 0.2) is 5.38 Å². The molecule has 0 bridgehead atoms. The first kappa shape index (κ1) is 15.0. The summed E-state index contributed by atoms with van der Waals surface area (Å²) in [6, 6.07) is 0. The number of aromatic nitrogens is 1. The molecule has 1 unspecified atom stereocenters. The van der Waals surface area contributed by atoms with E-state index in [1.54, 1.807) is 11.3 Å². The quantitative estimate of drug-likeness (QED) is 0.714. The van der Waals surface area contributed by atoms with Gasteiger partial charge in [0.1, 0.15) is 0 Å². The van der Waals surface area contributed by atoms with Crippen LogP contribution in [-0.2, 0) is 16.0 Å². The number of carbonyl (C=O) groups is 1. The summed E-state index contributed by atoms with van der Waals surface area (Å²) in [5.74, 6) is 0.481. The van der Waals surface area contributed by atoms with Crippen LogP contribution in [-0.4, -0.2) is 31.7 Å². The summed E-state index contributed by atoms with van der Waals surface area (Å²) >= 11 is 1.63. The van der Waals surface area contributed by atoms with Crippen LogP contribution in [0, 0.1) is 5.92 Å². The van der Waals surface area contributed by atoms with Gasteiger partial charge in [-0.2, -0.15) is 0 Å². The zero-order chi connectivity index (χ0) is 13.5. The van der Waals surface area contributed by atoms with E-state index in [0.29, 0.717) is 18.8 Å². The molecule has 0 aliphatic carbocycles. The van der Waals surface area contributed by atoms with Crippen LogP contribution in [0.3, 0.4) is 0 Å². The van der Waals surface area contributed by atoms with Crippen molar-refractivity contribution >= 4 is 22.4 Å². The minimum Gasteiger partial charge on any atom is -0.469 e. The van der Waals surface area contributed by atoms with Gasteiger partial charge in [0.05, 0.1) is 19.2 Å². The Hall–Kier alpha value is -1.10. The lowest BCUT2D eigenvalue weighted by atomic mass is 10.1. The van der Waals surface area contributed by atoms with Crippen LogP contribution < -0.4 is 4.90 Å². The fourth-order valence-corrected chi connectivity index (χ4v) is 2.43. The first-order chi connectivity index (χ1) is 8.56. The fourth-order valence-electron chi connectivity index (χ4n) is 1.59. The van der Waals surface area contributed by atoms with Crippen LogP contribution in [0.25, 0.3) is 0 Å². The van der Waals surface area contributed by atoms with Crippen molar-refractivity contribution in [2.24, 2.45) is 5.92 Å². The maximum atomic E-state index is 11.1. The monoisotopic (exact) mass is 270 g/mol. The van der Waals surface area contributed by atoms with E-state index in [1.807, 2.05) is 5.38 Å². The second-order valence-electron chi connectivity index (χ2n) is 4.59. The average molecular weight is 270 g/mol. The molecule has 102 valence electrons. The van der Waals surface area contributed by atoms with Gasteiger partial charge in [-0.25, -0.2) is 4.98 Å². The average Bonchev–Trinajstić information content (AvgIpc) is 2.84. The van der Waals surface area contributed by atoms with Crippen molar-refractivity contribution in [3.8, 4) is 0 Å². The Morgan fingerprint density at radius 2 is 2.33 bits per heavy atom. The number of hydrogen-bond donors (Lipinski definition) is 0. The summed E-state index contributed by atoms with van der Waals surface area (Å²) in [4.78, 5) is 17.8. The Bertz CT molecular complexity index is 379. The zero-order valence-electron chi connectivity index (χ0n) is 11.6. The van der Waals surface area contributed by atoms with Crippen molar-refractivity contribution in [2.45, 2.75) is 33.1 Å². The summed E-state index contributed by atoms with van der Waals surface area (Å²) in [7, 11) is 3.48. The van der Waals surface area contributed by atoms with E-state index in [0.717, 1.165) is 17.4 Å². The van der Waals surface area contributed by atoms with E-state index in [2.05, 4.69) is 35.5 Å². The number of esters is 1. The van der Waals surface area contributed by atoms with Crippen molar-refractivity contribution in [3.63, 3.8) is 0 Å². The van der Waals surface area contributed by atoms with Crippen LogP contribution >= 0.6 is 11.3 Å². The van der Waals surface area contributed by atoms with Crippen LogP contribution in [0.5, 0.6) is 0 Å². The van der Waals surface area contributed by atoms with Crippen LogP contribution in [0.1, 0.15) is 32.4 Å². The van der Waals surface area contributed by atoms with Crippen molar-refractivity contribution in [1.29, 1.82) is 0 Å². The number of aryl methyl sites for hydroxylation is 1. The lowest BCUT2D eigenvalue weighted by Crippen LogP contribution is -2.23. The van der Waals surface area contributed by atoms with Gasteiger partial charge in [0.2, 0.25) is 0 Å². The van der Waals surface area contributed by atoms with Gasteiger partial charge in [-0.15, -0.1) is 11.3 Å². The standard InChI is InChI=1S/C13H22N2O2S/c1-5-10(2)8-15(3)13-14-11(9-18-13)6-7-12(16)17-4/h9-10H,5-8H2,1-4H3. The van der Waals surface area contributed by atoms with E-state index in [1.165, 1.54) is 13.5 Å². The molecule has 0 radical (unpaired) electrons. The van der Waals surface area contributed by atoms with Gasteiger partial charge in [-0.1, -0.05) is 20.3 Å². The number of nitrogens with zero attached hydrogens (tertiary/aromatic N) is 2. The smallest absolute Gasteiger partial charge is 0.305 e. The topological polar surface area (TPSA) is 42.4 Å². The highest BCUT2D eigenvalue weighted by molar-refractivity contribution is 7.13. The predicted molar refractivity (Wildman–Crippen MR) is 75.2 cm³/mol. The Labute approximate surface area is 113 Å². The number of anilines is 1. The predicted octanol–water partition coefficient (Wildman–Crippen LogP) is 2.73. The highest BCUT2D eigenvalue weighted by atomic mass is 32.1. The molecule has 1 aromatic rings. The molecule has 0 aliphatic heterocycles. The Morgan fingerprint density at radius 1 is 1.61 bits per heavy atom. The summed E-state index contributed by atoms with van der Waals surface area (Å²) in [6.45, 7) is 5.45. The van der Waals surface area contributed by atoms with E-state index in [4.69, 9.17) is 0 Å². The second kappa shape index (κ2) is 7.36. The van der Waals surface area contributed by atoms with Crippen molar-refractivity contribution in [2.75, 3.05) is 25.6 Å². The van der Waals surface area contributed by atoms with Gasteiger partial charge in [-0.05, 0) is 5.92 Å². The first-order valence-corrected chi connectivity index (χ1v) is 7.17. The number of rotatable bonds is 7. The molecule has 1 aromatic heterocycles. The van der Waals surface area contributed by atoms with E-state index >= 15 is 0 Å². The third-order valence-electron chi connectivity index (χ3n) is 2.96. The van der Waals surface area contributed by atoms with Gasteiger partial charge in [0.15, 0.2) is 5.13 Å². The number of thiazole rings is 1. The largest absolute Gasteiger partial charge is 0.469 e. The van der Waals surface area contributed by atoms with Crippen molar-refractivity contribution in [3.05, 3.63) is 11.1 Å². The highest BCUT2D eigenvalue weighted by Crippen LogP contribution is 2.21. The lowest BCUT2D eigenvalue weighted by molar-refractivity contribution is -0.140. The van der Waals surface area contributed by atoms with Crippen molar-refractivity contribution < 1.29 is 9.53 Å². The summed E-state index contributed by atoms with van der Waals surface area (Å²) in [5, 5.41) is 3.04. The Kier molecular flexibility index (Phi) is 6.12. The molecule has 1 rings (SSSR count). The molecule has 1 heterocycles. The number of hydrogen-bond acceptors (Lipinski definition) is 5. The third-order valence-corrected chi connectivity index (χ3v) is 3.97. The third kappa shape index (κ3) is 4.64. The van der Waals surface area contributed by atoms with E-state index in [9.17, 15) is 4.79 Å². The molecule has 0 saturated carbocycles. The molecule has 0 N–H and O–H groups in total. The van der Waals surface area contributed by atoms with Gasteiger partial charge in [0.25, 0.3) is 0 Å². The fraction of sp³-hybridized carbons (Fsp3) is 0.692. The summed E-state index contributed by atoms with van der Waals surface area (Å²) in [6.07, 6.45) is 2.22. The number of ether oxygens (including phenoxy) is 1. The molecule has 5 heteroatoms. The molecule has 0 fully saturated rings. The molecule has 0 aromatic carbocycles. The molecule has 0 spiro atoms. The first-order valence-electron chi connectivity index (χ1n) is 6.29. The molecule has 4 nitrogen and oxygen atoms in total. The van der Waals surface area contributed by atoms with Crippen LogP contribution in [0.2, 0.25) is 0 Å². The molecule has 0 amide bonds. The molecule has 1 atom stereocenters. The Balaban J connectivity index is 2.49. The minimum atomic E-state index is -0.183. The van der Waals surface area contributed by atoms with E-state index in [-0.39, 0.29) is 5.97 Å². The molecule has 0 aliphatic rings. The summed E-state index contributed by atoms with van der Waals surface area (Å²) in [5.41, 5.74) is 0.969. The number of methoxy groups -OCH3 is 1. The van der Waals surface area contributed by atoms with Crippen LogP contribution in [0.4, 0.5) is 5.13 Å². The zero-order valence-corrected chi connectivity index (χ0v) is 12.4. The van der Waals surface area contributed by atoms with Gasteiger partial charge in [-0.3, -0.25) is 4.79 Å². The molecule has 18 heavy (non-hydrogen) atoms. The van der Waals surface area contributed by atoms with Crippen molar-refractivity contribution in [1.82, 2.24) is 4.98 Å². The molecule has 0 saturated heterocycles. The Morgan fingerprint density at radius 3 is 2.94 bits per heavy atom. The lowest BCUT2D eigenvalue weighted by Gasteiger charge is -2.19. The normalized spacial score (nSPS) is 12.2. The second-order valence-corrected chi connectivity index (χ2v) is 5.43.